The summed E-state index contributed by atoms with van der Waals surface area (Å²) in [5.74, 6) is 3.20. The number of ether oxygens (including phenoxy) is 1. The first-order valence-corrected chi connectivity index (χ1v) is 7.81. The molecule has 3 atom stereocenters. The average molecular weight is 282 g/mol. The van der Waals surface area contributed by atoms with E-state index in [4.69, 9.17) is 16.3 Å². The van der Waals surface area contributed by atoms with Crippen molar-refractivity contribution < 1.29 is 4.74 Å². The van der Waals surface area contributed by atoms with E-state index in [0.717, 1.165) is 23.8 Å². The Kier molecular flexibility index (Phi) is 5.09. The van der Waals surface area contributed by atoms with Crippen LogP contribution >= 0.6 is 11.6 Å². The zero-order valence-corrected chi connectivity index (χ0v) is 12.9. The van der Waals surface area contributed by atoms with Crippen LogP contribution in [0.2, 0.25) is 0 Å². The lowest BCUT2D eigenvalue weighted by Crippen LogP contribution is -2.36. The van der Waals surface area contributed by atoms with Crippen molar-refractivity contribution in [2.45, 2.75) is 52.0 Å². The zero-order valence-electron chi connectivity index (χ0n) is 12.1. The molecule has 106 valence electrons. The van der Waals surface area contributed by atoms with Gasteiger partial charge in [0.25, 0.3) is 0 Å². The highest BCUT2D eigenvalue weighted by atomic mass is 35.5. The predicted molar refractivity (Wildman–Crippen MR) is 79.6 cm³/mol. The second kappa shape index (κ2) is 6.60. The number of rotatable bonds is 4. The number of hydrogen-bond donors (Lipinski definition) is 0. The number of alkyl halides is 1. The van der Waals surface area contributed by atoms with Crippen molar-refractivity contribution in [1.82, 2.24) is 4.98 Å². The van der Waals surface area contributed by atoms with Gasteiger partial charge in [0.15, 0.2) is 0 Å². The molecule has 1 saturated carbocycles. The number of hydrogen-bond acceptors (Lipinski definition) is 2. The van der Waals surface area contributed by atoms with Crippen LogP contribution in [0.3, 0.4) is 0 Å². The Hall–Kier alpha value is -0.760. The summed E-state index contributed by atoms with van der Waals surface area (Å²) in [4.78, 5) is 4.36. The van der Waals surface area contributed by atoms with Crippen molar-refractivity contribution in [3.8, 4) is 5.88 Å². The Morgan fingerprint density at radius 1 is 1.42 bits per heavy atom. The molecule has 1 fully saturated rings. The molecular formula is C16H24ClNO. The highest BCUT2D eigenvalue weighted by molar-refractivity contribution is 6.17. The van der Waals surface area contributed by atoms with Crippen LogP contribution in [-0.4, -0.2) is 11.1 Å². The van der Waals surface area contributed by atoms with E-state index in [1.165, 1.54) is 12.8 Å². The molecule has 0 bridgehead atoms. The quantitative estimate of drug-likeness (QED) is 0.749. The highest BCUT2D eigenvalue weighted by Crippen LogP contribution is 2.36. The minimum atomic E-state index is 0.278. The van der Waals surface area contributed by atoms with Crippen LogP contribution in [0.25, 0.3) is 0 Å². The molecule has 19 heavy (non-hydrogen) atoms. The zero-order chi connectivity index (χ0) is 13.8. The molecular weight excluding hydrogens is 258 g/mol. The lowest BCUT2D eigenvalue weighted by molar-refractivity contribution is 0.0420. The SMILES string of the molecule is CC1CCC(C(C)C)C(Oc2ncccc2CCl)C1. The maximum absolute atomic E-state index is 6.23. The Labute approximate surface area is 121 Å². The van der Waals surface area contributed by atoms with Gasteiger partial charge in [-0.2, -0.15) is 0 Å². The summed E-state index contributed by atoms with van der Waals surface area (Å²) < 4.78 is 6.23. The lowest BCUT2D eigenvalue weighted by Gasteiger charge is -2.37. The lowest BCUT2D eigenvalue weighted by atomic mass is 9.75. The molecule has 0 aromatic carbocycles. The molecule has 3 heteroatoms. The number of nitrogens with zero attached hydrogens (tertiary/aromatic N) is 1. The second-order valence-electron chi connectivity index (χ2n) is 6.08. The fourth-order valence-corrected chi connectivity index (χ4v) is 3.23. The Morgan fingerprint density at radius 3 is 2.89 bits per heavy atom. The summed E-state index contributed by atoms with van der Waals surface area (Å²) in [5, 5.41) is 0. The van der Waals surface area contributed by atoms with Gasteiger partial charge in [-0.3, -0.25) is 0 Å². The largest absolute Gasteiger partial charge is 0.474 e. The molecule has 2 nitrogen and oxygen atoms in total. The standard InChI is InChI=1S/C16H24ClNO/c1-11(2)14-7-6-12(3)9-15(14)19-16-13(10-17)5-4-8-18-16/h4-5,8,11-12,14-15H,6-7,9-10H2,1-3H3. The molecule has 0 amide bonds. The van der Waals surface area contributed by atoms with E-state index in [1.807, 2.05) is 12.1 Å². The maximum Gasteiger partial charge on any atom is 0.218 e. The highest BCUT2D eigenvalue weighted by Gasteiger charge is 2.32. The Balaban J connectivity index is 2.14. The Morgan fingerprint density at radius 2 is 2.21 bits per heavy atom. The fourth-order valence-electron chi connectivity index (χ4n) is 3.03. The van der Waals surface area contributed by atoms with Gasteiger partial charge in [-0.1, -0.05) is 33.3 Å². The van der Waals surface area contributed by atoms with Crippen LogP contribution in [0.15, 0.2) is 18.3 Å². The number of pyridine rings is 1. The molecule has 0 saturated heterocycles. The molecule has 1 aromatic rings. The van der Waals surface area contributed by atoms with Crippen LogP contribution in [0.4, 0.5) is 0 Å². The van der Waals surface area contributed by atoms with Crippen molar-refractivity contribution in [3.63, 3.8) is 0 Å². The van der Waals surface area contributed by atoms with Gasteiger partial charge < -0.3 is 4.74 Å². The summed E-state index contributed by atoms with van der Waals surface area (Å²) in [6.45, 7) is 6.89. The van der Waals surface area contributed by atoms with E-state index < -0.39 is 0 Å². The minimum Gasteiger partial charge on any atom is -0.474 e. The molecule has 2 rings (SSSR count). The van der Waals surface area contributed by atoms with Crippen LogP contribution in [-0.2, 0) is 5.88 Å². The van der Waals surface area contributed by atoms with Gasteiger partial charge in [0.1, 0.15) is 6.10 Å². The predicted octanol–water partition coefficient (Wildman–Crippen LogP) is 4.66. The van der Waals surface area contributed by atoms with Crippen molar-refractivity contribution in [3.05, 3.63) is 23.9 Å². The fraction of sp³-hybridized carbons (Fsp3) is 0.688. The first kappa shape index (κ1) is 14.6. The first-order chi connectivity index (χ1) is 9.11. The summed E-state index contributed by atoms with van der Waals surface area (Å²) in [6, 6.07) is 3.90. The number of aromatic nitrogens is 1. The van der Waals surface area contributed by atoms with Crippen LogP contribution in [0, 0.1) is 17.8 Å². The third-order valence-corrected chi connectivity index (χ3v) is 4.51. The molecule has 1 heterocycles. The van der Waals surface area contributed by atoms with Crippen LogP contribution < -0.4 is 4.74 Å². The Bertz CT molecular complexity index is 407. The summed E-state index contributed by atoms with van der Waals surface area (Å²) in [6.07, 6.45) is 5.75. The van der Waals surface area contributed by atoms with Crippen molar-refractivity contribution in [2.24, 2.45) is 17.8 Å². The smallest absolute Gasteiger partial charge is 0.218 e. The van der Waals surface area contributed by atoms with Crippen LogP contribution in [0.5, 0.6) is 5.88 Å². The van der Waals surface area contributed by atoms with Crippen LogP contribution in [0.1, 0.15) is 45.6 Å². The van der Waals surface area contributed by atoms with Gasteiger partial charge in [0.05, 0.1) is 5.88 Å². The maximum atomic E-state index is 6.23. The molecule has 0 aliphatic heterocycles. The topological polar surface area (TPSA) is 22.1 Å². The second-order valence-corrected chi connectivity index (χ2v) is 6.35. The van der Waals surface area contributed by atoms with Gasteiger partial charge in [-0.15, -0.1) is 11.6 Å². The normalized spacial score (nSPS) is 27.5. The van der Waals surface area contributed by atoms with Gasteiger partial charge >= 0.3 is 0 Å². The summed E-state index contributed by atoms with van der Waals surface area (Å²) in [7, 11) is 0. The van der Waals surface area contributed by atoms with Crippen molar-refractivity contribution in [2.75, 3.05) is 0 Å². The molecule has 0 radical (unpaired) electrons. The van der Waals surface area contributed by atoms with E-state index in [2.05, 4.69) is 25.8 Å². The molecule has 1 aromatic heterocycles. The average Bonchev–Trinajstić information content (AvgIpc) is 2.39. The third-order valence-electron chi connectivity index (χ3n) is 4.22. The van der Waals surface area contributed by atoms with E-state index in [0.29, 0.717) is 17.7 Å². The molecule has 0 spiro atoms. The van der Waals surface area contributed by atoms with Crippen molar-refractivity contribution >= 4 is 11.6 Å². The molecule has 3 unspecified atom stereocenters. The van der Waals surface area contributed by atoms with E-state index >= 15 is 0 Å². The van der Waals surface area contributed by atoms with Gasteiger partial charge in [-0.05, 0) is 36.7 Å². The minimum absolute atomic E-state index is 0.278. The van der Waals surface area contributed by atoms with E-state index in [-0.39, 0.29) is 6.10 Å². The van der Waals surface area contributed by atoms with E-state index in [1.54, 1.807) is 6.20 Å². The van der Waals surface area contributed by atoms with Gasteiger partial charge in [0, 0.05) is 11.8 Å². The molecule has 1 aliphatic rings. The van der Waals surface area contributed by atoms with Gasteiger partial charge in [0.2, 0.25) is 5.88 Å². The molecule has 0 N–H and O–H groups in total. The summed E-state index contributed by atoms with van der Waals surface area (Å²) in [5.41, 5.74) is 0.991. The first-order valence-electron chi connectivity index (χ1n) is 7.28. The van der Waals surface area contributed by atoms with Crippen molar-refractivity contribution in [1.29, 1.82) is 0 Å². The number of halogens is 1. The third kappa shape index (κ3) is 3.62. The van der Waals surface area contributed by atoms with E-state index in [9.17, 15) is 0 Å². The monoisotopic (exact) mass is 281 g/mol. The van der Waals surface area contributed by atoms with Gasteiger partial charge in [-0.25, -0.2) is 4.98 Å². The molecule has 1 aliphatic carbocycles. The summed E-state index contributed by atoms with van der Waals surface area (Å²) >= 11 is 5.96.